The second-order valence-electron chi connectivity index (χ2n) is 5.49. The highest BCUT2D eigenvalue weighted by Crippen LogP contribution is 2.21. The maximum absolute atomic E-state index is 12.2. The third kappa shape index (κ3) is 3.87. The summed E-state index contributed by atoms with van der Waals surface area (Å²) in [7, 11) is 0. The van der Waals surface area contributed by atoms with Crippen LogP contribution < -0.4 is 5.32 Å². The number of hydrogen-bond acceptors (Lipinski definition) is 4. The van der Waals surface area contributed by atoms with Crippen molar-refractivity contribution in [2.45, 2.75) is 46.3 Å². The van der Waals surface area contributed by atoms with Crippen molar-refractivity contribution in [3.8, 4) is 11.5 Å². The normalized spacial score (nSPS) is 11.1. The number of furan rings is 1. The van der Waals surface area contributed by atoms with E-state index in [0.29, 0.717) is 23.8 Å². The summed E-state index contributed by atoms with van der Waals surface area (Å²) in [4.78, 5) is 13.9. The first-order chi connectivity index (χ1) is 9.97. The number of amides is 2. The summed E-state index contributed by atoms with van der Waals surface area (Å²) in [6.45, 7) is 8.18. The van der Waals surface area contributed by atoms with E-state index in [1.807, 2.05) is 27.7 Å². The summed E-state index contributed by atoms with van der Waals surface area (Å²) in [5, 5.41) is 6.89. The first-order valence-corrected chi connectivity index (χ1v) is 7.04. The van der Waals surface area contributed by atoms with Crippen LogP contribution in [0.25, 0.3) is 11.5 Å². The molecule has 0 aliphatic carbocycles. The molecule has 2 aromatic heterocycles. The van der Waals surface area contributed by atoms with Crippen molar-refractivity contribution in [2.75, 3.05) is 0 Å². The number of nitrogens with one attached hydrogen (secondary N) is 1. The lowest BCUT2D eigenvalue weighted by Crippen LogP contribution is -2.45. The molecule has 114 valence electrons. The maximum atomic E-state index is 12.2. The number of carbonyl (C=O) groups is 1. The molecule has 2 amide bonds. The molecule has 6 heteroatoms. The molecule has 0 fully saturated rings. The summed E-state index contributed by atoms with van der Waals surface area (Å²) in [5.41, 5.74) is 0.689. The lowest BCUT2D eigenvalue weighted by atomic mass is 10.2. The van der Waals surface area contributed by atoms with Crippen LogP contribution in [-0.2, 0) is 6.54 Å². The topological polar surface area (TPSA) is 71.5 Å². The second-order valence-corrected chi connectivity index (χ2v) is 5.49. The molecule has 2 rings (SSSR count). The quantitative estimate of drug-likeness (QED) is 0.917. The van der Waals surface area contributed by atoms with Crippen LogP contribution in [0.5, 0.6) is 0 Å². The Hall–Kier alpha value is -2.24. The Morgan fingerprint density at radius 3 is 2.67 bits per heavy atom. The zero-order chi connectivity index (χ0) is 15.4. The van der Waals surface area contributed by atoms with Gasteiger partial charge in [-0.3, -0.25) is 0 Å². The minimum Gasteiger partial charge on any atom is -0.461 e. The van der Waals surface area contributed by atoms with Crippen LogP contribution in [0.15, 0.2) is 33.4 Å². The molecule has 0 bridgehead atoms. The predicted molar refractivity (Wildman–Crippen MR) is 78.6 cm³/mol. The first-order valence-electron chi connectivity index (χ1n) is 7.04. The highest BCUT2D eigenvalue weighted by atomic mass is 16.5. The third-order valence-corrected chi connectivity index (χ3v) is 2.95. The van der Waals surface area contributed by atoms with Crippen molar-refractivity contribution >= 4 is 6.03 Å². The van der Waals surface area contributed by atoms with Crippen molar-refractivity contribution in [3.05, 3.63) is 30.2 Å². The van der Waals surface area contributed by atoms with Gasteiger partial charge in [0.1, 0.15) is 5.69 Å². The van der Waals surface area contributed by atoms with Gasteiger partial charge in [0, 0.05) is 18.2 Å². The summed E-state index contributed by atoms with van der Waals surface area (Å²) < 4.78 is 10.5. The van der Waals surface area contributed by atoms with Gasteiger partial charge in [-0.2, -0.15) is 0 Å². The van der Waals surface area contributed by atoms with E-state index in [1.165, 1.54) is 0 Å². The monoisotopic (exact) mass is 291 g/mol. The summed E-state index contributed by atoms with van der Waals surface area (Å²) >= 11 is 0. The van der Waals surface area contributed by atoms with E-state index in [1.54, 1.807) is 29.4 Å². The summed E-state index contributed by atoms with van der Waals surface area (Å²) in [6.07, 6.45) is 1.58. The smallest absolute Gasteiger partial charge is 0.318 e. The number of rotatable bonds is 5. The highest BCUT2D eigenvalue weighted by Gasteiger charge is 2.20. The number of aromatic nitrogens is 1. The van der Waals surface area contributed by atoms with Crippen LogP contribution in [-0.4, -0.2) is 28.2 Å². The molecule has 6 nitrogen and oxygen atoms in total. The largest absolute Gasteiger partial charge is 0.461 e. The van der Waals surface area contributed by atoms with E-state index in [0.717, 1.165) is 0 Å². The summed E-state index contributed by atoms with van der Waals surface area (Å²) in [6, 6.07) is 5.42. The SMILES string of the molecule is CC(C)NC(=O)N(Cc1cc(-c2ccco2)on1)C(C)C. The Labute approximate surface area is 124 Å². The number of urea groups is 1. The lowest BCUT2D eigenvalue weighted by Gasteiger charge is -2.27. The van der Waals surface area contributed by atoms with E-state index in [9.17, 15) is 4.79 Å². The van der Waals surface area contributed by atoms with Crippen molar-refractivity contribution in [2.24, 2.45) is 0 Å². The van der Waals surface area contributed by atoms with E-state index in [2.05, 4.69) is 10.5 Å². The van der Waals surface area contributed by atoms with Gasteiger partial charge >= 0.3 is 6.03 Å². The van der Waals surface area contributed by atoms with Gasteiger partial charge in [-0.05, 0) is 39.8 Å². The number of nitrogens with zero attached hydrogens (tertiary/aromatic N) is 2. The van der Waals surface area contributed by atoms with Gasteiger partial charge in [-0.15, -0.1) is 0 Å². The van der Waals surface area contributed by atoms with E-state index in [4.69, 9.17) is 8.94 Å². The predicted octanol–water partition coefficient (Wildman–Crippen LogP) is 3.26. The molecular weight excluding hydrogens is 270 g/mol. The van der Waals surface area contributed by atoms with Crippen LogP contribution in [0.4, 0.5) is 4.79 Å². The zero-order valence-electron chi connectivity index (χ0n) is 12.8. The molecule has 0 saturated heterocycles. The van der Waals surface area contributed by atoms with Crippen LogP contribution in [0, 0.1) is 0 Å². The highest BCUT2D eigenvalue weighted by molar-refractivity contribution is 5.74. The fourth-order valence-electron chi connectivity index (χ4n) is 1.91. The molecule has 0 spiro atoms. The van der Waals surface area contributed by atoms with Crippen molar-refractivity contribution in [1.29, 1.82) is 0 Å². The molecule has 0 radical (unpaired) electrons. The van der Waals surface area contributed by atoms with Crippen LogP contribution in [0.1, 0.15) is 33.4 Å². The van der Waals surface area contributed by atoms with E-state index < -0.39 is 0 Å². The minimum absolute atomic E-state index is 0.0625. The Morgan fingerprint density at radius 1 is 1.33 bits per heavy atom. The number of hydrogen-bond donors (Lipinski definition) is 1. The minimum atomic E-state index is -0.109. The zero-order valence-corrected chi connectivity index (χ0v) is 12.8. The molecular formula is C15H21N3O3. The summed E-state index contributed by atoms with van der Waals surface area (Å²) in [5.74, 6) is 1.18. The van der Waals surface area contributed by atoms with E-state index >= 15 is 0 Å². The second kappa shape index (κ2) is 6.47. The van der Waals surface area contributed by atoms with Crippen molar-refractivity contribution in [1.82, 2.24) is 15.4 Å². The van der Waals surface area contributed by atoms with Crippen LogP contribution in [0.2, 0.25) is 0 Å². The van der Waals surface area contributed by atoms with Gasteiger partial charge in [0.05, 0.1) is 12.8 Å². The Morgan fingerprint density at radius 2 is 2.10 bits per heavy atom. The average molecular weight is 291 g/mol. The number of carbonyl (C=O) groups excluding carboxylic acids is 1. The average Bonchev–Trinajstić information content (AvgIpc) is 3.05. The molecule has 0 aliphatic rings. The van der Waals surface area contributed by atoms with Crippen LogP contribution >= 0.6 is 0 Å². The molecule has 1 N–H and O–H groups in total. The van der Waals surface area contributed by atoms with Gasteiger partial charge in [0.2, 0.25) is 5.76 Å². The van der Waals surface area contributed by atoms with E-state index in [-0.39, 0.29) is 18.1 Å². The molecule has 0 unspecified atom stereocenters. The van der Waals surface area contributed by atoms with Crippen LogP contribution in [0.3, 0.4) is 0 Å². The first kappa shape index (κ1) is 15.2. The van der Waals surface area contributed by atoms with Gasteiger partial charge in [0.15, 0.2) is 5.76 Å². The fraction of sp³-hybridized carbons (Fsp3) is 0.467. The fourth-order valence-corrected chi connectivity index (χ4v) is 1.91. The molecule has 21 heavy (non-hydrogen) atoms. The Balaban J connectivity index is 2.09. The third-order valence-electron chi connectivity index (χ3n) is 2.95. The Bertz CT molecular complexity index is 573. The molecule has 2 heterocycles. The maximum Gasteiger partial charge on any atom is 0.318 e. The Kier molecular flexibility index (Phi) is 4.67. The van der Waals surface area contributed by atoms with Crippen molar-refractivity contribution < 1.29 is 13.7 Å². The molecule has 0 saturated carbocycles. The van der Waals surface area contributed by atoms with Gasteiger partial charge in [0.25, 0.3) is 0 Å². The van der Waals surface area contributed by atoms with Gasteiger partial charge in [-0.1, -0.05) is 5.16 Å². The molecule has 2 aromatic rings. The molecule has 0 aromatic carbocycles. The molecule has 0 atom stereocenters. The van der Waals surface area contributed by atoms with Gasteiger partial charge in [-0.25, -0.2) is 4.79 Å². The van der Waals surface area contributed by atoms with Crippen molar-refractivity contribution in [3.63, 3.8) is 0 Å². The standard InChI is InChI=1S/C15H21N3O3/c1-10(2)16-15(19)18(11(3)4)9-12-8-14(21-17-12)13-6-5-7-20-13/h5-8,10-11H,9H2,1-4H3,(H,16,19). The lowest BCUT2D eigenvalue weighted by molar-refractivity contribution is 0.175. The van der Waals surface area contributed by atoms with Gasteiger partial charge < -0.3 is 19.2 Å². The molecule has 0 aliphatic heterocycles.